The molecule has 7 aliphatic heterocycles. The van der Waals surface area contributed by atoms with E-state index in [1.165, 1.54) is 12.1 Å². The van der Waals surface area contributed by atoms with E-state index < -0.39 is 29.1 Å². The molecule has 6 fully saturated rings. The number of benzene rings is 2. The van der Waals surface area contributed by atoms with Crippen molar-refractivity contribution in [3.63, 3.8) is 0 Å². The fraction of sp³-hybridized carbons (Fsp3) is 0.611. The number of carbonyl (C=O) groups is 5. The van der Waals surface area contributed by atoms with Crippen molar-refractivity contribution < 1.29 is 32.8 Å². The van der Waals surface area contributed by atoms with Crippen LogP contribution >= 0.6 is 0 Å². The SMILES string of the molecule is CC1(C)CCN(Cc2cc(F)c(N3CC(=O)NC4(CCN(c5cc(NCCCCC(=O)N6CCC(CN7CCN(c8ccc9c(c8)CN(C8CCC(=O)NC8=O)C9=O)CC7)CC6)ncn5)CC4)C3)cc2F)CC1. The zero-order valence-corrected chi connectivity index (χ0v) is 42.6. The molecule has 3 N–H and O–H groups in total. The lowest BCUT2D eigenvalue weighted by atomic mass is 9.82. The van der Waals surface area contributed by atoms with E-state index in [2.05, 4.69) is 65.4 Å². The zero-order chi connectivity index (χ0) is 50.9. The third-order valence-corrected chi connectivity index (χ3v) is 16.8. The fourth-order valence-electron chi connectivity index (χ4n) is 12.2. The maximum atomic E-state index is 15.7. The Hall–Kier alpha value is -5.95. The molecule has 392 valence electrons. The number of nitrogens with zero attached hydrogens (tertiary/aromatic N) is 9. The first-order chi connectivity index (χ1) is 35.2. The molecular formula is C54H72F2N12O5. The van der Waals surface area contributed by atoms with E-state index in [1.807, 2.05) is 23.1 Å². The second-order valence-corrected chi connectivity index (χ2v) is 22.5. The largest absolute Gasteiger partial charge is 0.370 e. The van der Waals surface area contributed by atoms with Crippen LogP contribution in [0.25, 0.3) is 0 Å². The van der Waals surface area contributed by atoms with Crippen molar-refractivity contribution in [2.45, 2.75) is 109 Å². The van der Waals surface area contributed by atoms with Crippen molar-refractivity contribution in [2.75, 3.05) is 112 Å². The molecule has 2 aromatic carbocycles. The molecule has 0 aliphatic carbocycles. The van der Waals surface area contributed by atoms with Crippen LogP contribution in [0.4, 0.5) is 31.8 Å². The summed E-state index contributed by atoms with van der Waals surface area (Å²) in [5.74, 6) is 0.297. The van der Waals surface area contributed by atoms with Crippen LogP contribution in [-0.4, -0.2) is 162 Å². The first-order valence-electron chi connectivity index (χ1n) is 26.8. The molecule has 1 unspecified atom stereocenters. The van der Waals surface area contributed by atoms with Crippen LogP contribution in [0.15, 0.2) is 42.7 Å². The third-order valence-electron chi connectivity index (χ3n) is 16.8. The Kier molecular flexibility index (Phi) is 14.9. The number of unbranched alkanes of at least 4 members (excludes halogenated alkanes) is 1. The first kappa shape index (κ1) is 50.6. The summed E-state index contributed by atoms with van der Waals surface area (Å²) in [7, 11) is 0. The molecule has 8 heterocycles. The Morgan fingerprint density at radius 1 is 0.767 bits per heavy atom. The molecule has 0 bridgehead atoms. The number of likely N-dealkylation sites (tertiary alicyclic amines) is 2. The van der Waals surface area contributed by atoms with Crippen LogP contribution in [0.5, 0.6) is 0 Å². The van der Waals surface area contributed by atoms with Gasteiger partial charge in [0.25, 0.3) is 5.91 Å². The Bertz CT molecular complexity index is 2550. The predicted octanol–water partition coefficient (Wildman–Crippen LogP) is 4.76. The molecule has 5 amide bonds. The lowest BCUT2D eigenvalue weighted by Crippen LogP contribution is -2.66. The summed E-state index contributed by atoms with van der Waals surface area (Å²) in [4.78, 5) is 87.2. The minimum absolute atomic E-state index is 0.0254. The lowest BCUT2D eigenvalue weighted by Gasteiger charge is -2.48. The minimum atomic E-state index is -0.616. The summed E-state index contributed by atoms with van der Waals surface area (Å²) in [6.45, 7) is 15.5. The molecule has 3 aromatic rings. The van der Waals surface area contributed by atoms with Crippen molar-refractivity contribution in [3.05, 3.63) is 71.1 Å². The highest BCUT2D eigenvalue weighted by Crippen LogP contribution is 2.36. The molecule has 1 spiro atoms. The summed E-state index contributed by atoms with van der Waals surface area (Å²) >= 11 is 0. The van der Waals surface area contributed by atoms with Crippen LogP contribution in [0, 0.1) is 23.0 Å². The average molecular weight is 1010 g/mol. The van der Waals surface area contributed by atoms with Gasteiger partial charge in [-0.05, 0) is 112 Å². The van der Waals surface area contributed by atoms with Gasteiger partial charge in [0, 0.05) is 127 Å². The van der Waals surface area contributed by atoms with Crippen LogP contribution in [-0.2, 0) is 32.3 Å². The highest BCUT2D eigenvalue weighted by molar-refractivity contribution is 6.05. The molecule has 1 atom stereocenters. The molecule has 6 saturated heterocycles. The average Bonchev–Trinajstić information content (AvgIpc) is 3.70. The van der Waals surface area contributed by atoms with Gasteiger partial charge in [-0.1, -0.05) is 13.8 Å². The van der Waals surface area contributed by atoms with Gasteiger partial charge in [-0.25, -0.2) is 18.7 Å². The van der Waals surface area contributed by atoms with E-state index >= 15 is 8.78 Å². The Balaban J connectivity index is 0.610. The van der Waals surface area contributed by atoms with E-state index in [4.69, 9.17) is 0 Å². The standard InChI is InChI=1S/C54H72F2N12O5/c1-53(2)12-19-62(20-13-53)32-39-28-43(56)45(29-42(39)55)67-34-49(70)61-54(35-67)14-21-65(22-15-54)47-30-46(58-36-59-47)57-16-4-3-5-50(71)66-17-10-37(11-18-66)31-63-23-25-64(26-24-63)40-6-7-41-38(27-40)33-68(52(41)73)44-8-9-48(69)60-51(44)72/h6-7,27-30,36-37,44H,3-5,8-26,31-35H2,1-2H3,(H,61,70)(H,57,58,59)(H,60,69,72). The predicted molar refractivity (Wildman–Crippen MR) is 274 cm³/mol. The first-order valence-corrected chi connectivity index (χ1v) is 26.8. The van der Waals surface area contributed by atoms with E-state index in [-0.39, 0.29) is 47.7 Å². The van der Waals surface area contributed by atoms with E-state index in [1.54, 1.807) is 16.1 Å². The molecule has 0 saturated carbocycles. The number of rotatable bonds is 14. The number of carbonyl (C=O) groups excluding carboxylic acids is 5. The van der Waals surface area contributed by atoms with Gasteiger partial charge in [0.1, 0.15) is 35.6 Å². The number of anilines is 4. The molecule has 1 aromatic heterocycles. The second kappa shape index (κ2) is 21.5. The highest BCUT2D eigenvalue weighted by Gasteiger charge is 2.43. The van der Waals surface area contributed by atoms with Crippen molar-refractivity contribution >= 4 is 52.5 Å². The molecule has 0 radical (unpaired) electrons. The number of piperazine rings is 2. The second-order valence-electron chi connectivity index (χ2n) is 22.5. The Morgan fingerprint density at radius 3 is 2.29 bits per heavy atom. The normalized spacial score (nSPS) is 23.0. The Labute approximate surface area is 427 Å². The van der Waals surface area contributed by atoms with Crippen LogP contribution in [0.2, 0.25) is 0 Å². The summed E-state index contributed by atoms with van der Waals surface area (Å²) in [5.41, 5.74) is 2.82. The molecule has 17 nitrogen and oxygen atoms in total. The molecule has 73 heavy (non-hydrogen) atoms. The fourth-order valence-corrected chi connectivity index (χ4v) is 12.2. The maximum absolute atomic E-state index is 15.7. The number of nitrogens with one attached hydrogen (secondary N) is 3. The van der Waals surface area contributed by atoms with Crippen LogP contribution < -0.4 is 30.7 Å². The zero-order valence-electron chi connectivity index (χ0n) is 42.6. The van der Waals surface area contributed by atoms with Gasteiger partial charge in [-0.2, -0.15) is 0 Å². The van der Waals surface area contributed by atoms with E-state index in [0.29, 0.717) is 87.8 Å². The summed E-state index contributed by atoms with van der Waals surface area (Å²) in [6, 6.07) is 9.88. The highest BCUT2D eigenvalue weighted by atomic mass is 19.1. The number of hydrogen-bond donors (Lipinski definition) is 3. The number of halogens is 2. The maximum Gasteiger partial charge on any atom is 0.255 e. The Morgan fingerprint density at radius 2 is 1.53 bits per heavy atom. The van der Waals surface area contributed by atoms with Crippen LogP contribution in [0.3, 0.4) is 0 Å². The molecule has 7 aliphatic rings. The smallest absolute Gasteiger partial charge is 0.255 e. The van der Waals surface area contributed by atoms with Gasteiger partial charge in [0.05, 0.1) is 17.8 Å². The van der Waals surface area contributed by atoms with Crippen molar-refractivity contribution in [1.29, 1.82) is 0 Å². The molecule has 10 rings (SSSR count). The van der Waals surface area contributed by atoms with Crippen molar-refractivity contribution in [1.82, 2.24) is 40.2 Å². The van der Waals surface area contributed by atoms with Gasteiger partial charge in [-0.15, -0.1) is 0 Å². The lowest BCUT2D eigenvalue weighted by molar-refractivity contribution is -0.137. The van der Waals surface area contributed by atoms with Gasteiger partial charge >= 0.3 is 0 Å². The molecule has 19 heteroatoms. The molecular weight excluding hydrogens is 935 g/mol. The van der Waals surface area contributed by atoms with Gasteiger partial charge in [-0.3, -0.25) is 39.1 Å². The number of aromatic nitrogens is 2. The quantitative estimate of drug-likeness (QED) is 0.150. The summed E-state index contributed by atoms with van der Waals surface area (Å²) in [6.07, 6.45) is 9.57. The van der Waals surface area contributed by atoms with Gasteiger partial charge in [0.15, 0.2) is 0 Å². The third kappa shape index (κ3) is 11.7. The monoisotopic (exact) mass is 1010 g/mol. The van der Waals surface area contributed by atoms with Gasteiger partial charge < -0.3 is 35.1 Å². The number of hydrogen-bond acceptors (Lipinski definition) is 13. The minimum Gasteiger partial charge on any atom is -0.370 e. The van der Waals surface area contributed by atoms with E-state index in [0.717, 1.165) is 114 Å². The van der Waals surface area contributed by atoms with Gasteiger partial charge in [0.2, 0.25) is 23.6 Å². The van der Waals surface area contributed by atoms with Crippen molar-refractivity contribution in [2.24, 2.45) is 11.3 Å². The number of piperidine rings is 4. The van der Waals surface area contributed by atoms with Crippen molar-refractivity contribution in [3.8, 4) is 0 Å². The number of amides is 5. The summed E-state index contributed by atoms with van der Waals surface area (Å²) in [5, 5.41) is 8.98. The number of imide groups is 1. The summed E-state index contributed by atoms with van der Waals surface area (Å²) < 4.78 is 31.2. The topological polar surface area (TPSA) is 170 Å². The van der Waals surface area contributed by atoms with E-state index in [9.17, 15) is 24.0 Å². The number of fused-ring (bicyclic) bond motifs is 1. The van der Waals surface area contributed by atoms with Crippen LogP contribution in [0.1, 0.15) is 106 Å².